The zero-order valence-electron chi connectivity index (χ0n) is 15.7. The molecule has 0 saturated heterocycles. The Labute approximate surface area is 165 Å². The zero-order chi connectivity index (χ0) is 19.4. The molecule has 1 aliphatic carbocycles. The van der Waals surface area contributed by atoms with E-state index in [4.69, 9.17) is 9.40 Å². The van der Waals surface area contributed by atoms with E-state index in [-0.39, 0.29) is 16.7 Å². The lowest BCUT2D eigenvalue weighted by molar-refractivity contribution is 0.437. The number of rotatable bonds is 6. The summed E-state index contributed by atoms with van der Waals surface area (Å²) in [5, 5.41) is 0. The molecule has 1 aliphatic rings. The third-order valence-electron chi connectivity index (χ3n) is 5.17. The highest BCUT2D eigenvalue weighted by Crippen LogP contribution is 2.37. The lowest BCUT2D eigenvalue weighted by Gasteiger charge is -2.20. The smallest absolute Gasteiger partial charge is 0.264 e. The molecular formula is C22H24N2O3S. The molecule has 4 rings (SSSR count). The molecule has 1 fully saturated rings. The summed E-state index contributed by atoms with van der Waals surface area (Å²) in [7, 11) is -3.72. The van der Waals surface area contributed by atoms with Crippen LogP contribution < -0.4 is 4.72 Å². The largest absolute Gasteiger partial charge is 0.424 e. The van der Waals surface area contributed by atoms with Crippen LogP contribution in [0.4, 0.5) is 5.88 Å². The van der Waals surface area contributed by atoms with Crippen molar-refractivity contribution >= 4 is 15.9 Å². The summed E-state index contributed by atoms with van der Waals surface area (Å²) >= 11 is 0. The van der Waals surface area contributed by atoms with Crippen LogP contribution in [0.5, 0.6) is 0 Å². The standard InChI is InChI=1S/C22H24N2O3S/c25-28(26,19-14-8-3-9-15-19)24-22-21(18-12-6-2-7-13-18)23-20(27-22)16-17-10-4-1-5-11-17/h1,3-5,8-11,14-15,18,24H,2,6-7,12-13,16H2. The van der Waals surface area contributed by atoms with Crippen LogP contribution in [0.2, 0.25) is 0 Å². The van der Waals surface area contributed by atoms with E-state index in [0.717, 1.165) is 36.9 Å². The zero-order valence-corrected chi connectivity index (χ0v) is 16.5. The van der Waals surface area contributed by atoms with Crippen LogP contribution in [-0.2, 0) is 16.4 Å². The summed E-state index contributed by atoms with van der Waals surface area (Å²) in [5.74, 6) is 1.04. The van der Waals surface area contributed by atoms with Crippen LogP contribution in [0.15, 0.2) is 70.0 Å². The van der Waals surface area contributed by atoms with Gasteiger partial charge in [-0.1, -0.05) is 67.8 Å². The van der Waals surface area contributed by atoms with Gasteiger partial charge in [0.25, 0.3) is 10.0 Å². The summed E-state index contributed by atoms with van der Waals surface area (Å²) in [5.41, 5.74) is 1.82. The van der Waals surface area contributed by atoms with E-state index < -0.39 is 10.0 Å². The minimum Gasteiger partial charge on any atom is -0.424 e. The van der Waals surface area contributed by atoms with Gasteiger partial charge in [-0.05, 0) is 30.5 Å². The second kappa shape index (κ2) is 8.19. The van der Waals surface area contributed by atoms with E-state index in [1.165, 1.54) is 6.42 Å². The van der Waals surface area contributed by atoms with Crippen molar-refractivity contribution in [3.63, 3.8) is 0 Å². The van der Waals surface area contributed by atoms with E-state index in [2.05, 4.69) is 4.72 Å². The summed E-state index contributed by atoms with van der Waals surface area (Å²) in [6.07, 6.45) is 6.05. The third-order valence-corrected chi connectivity index (χ3v) is 6.52. The maximum absolute atomic E-state index is 12.8. The van der Waals surface area contributed by atoms with Crippen molar-refractivity contribution in [2.45, 2.75) is 49.3 Å². The van der Waals surface area contributed by atoms with Gasteiger partial charge in [0.05, 0.1) is 4.90 Å². The summed E-state index contributed by atoms with van der Waals surface area (Å²) in [4.78, 5) is 4.93. The second-order valence-corrected chi connectivity index (χ2v) is 8.92. The number of sulfonamides is 1. The summed E-state index contributed by atoms with van der Waals surface area (Å²) in [6, 6.07) is 18.3. The topological polar surface area (TPSA) is 72.2 Å². The molecule has 0 amide bonds. The highest BCUT2D eigenvalue weighted by atomic mass is 32.2. The van der Waals surface area contributed by atoms with Crippen LogP contribution in [0, 0.1) is 0 Å². The molecule has 1 saturated carbocycles. The Kier molecular flexibility index (Phi) is 5.48. The SMILES string of the molecule is O=S(=O)(Nc1oc(Cc2ccccc2)nc1C1CCCCC1)c1ccccc1. The molecule has 0 spiro atoms. The number of nitrogens with zero attached hydrogens (tertiary/aromatic N) is 1. The third kappa shape index (κ3) is 4.28. The molecule has 0 radical (unpaired) electrons. The van der Waals surface area contributed by atoms with Gasteiger partial charge < -0.3 is 4.42 Å². The molecule has 0 unspecified atom stereocenters. The van der Waals surface area contributed by atoms with Gasteiger partial charge >= 0.3 is 0 Å². The van der Waals surface area contributed by atoms with Crippen molar-refractivity contribution < 1.29 is 12.8 Å². The van der Waals surface area contributed by atoms with Crippen molar-refractivity contribution in [1.29, 1.82) is 0 Å². The molecule has 2 aromatic carbocycles. The average molecular weight is 397 g/mol. The maximum atomic E-state index is 12.8. The van der Waals surface area contributed by atoms with E-state index in [1.54, 1.807) is 30.3 Å². The van der Waals surface area contributed by atoms with Gasteiger partial charge in [-0.25, -0.2) is 18.1 Å². The van der Waals surface area contributed by atoms with Crippen molar-refractivity contribution in [3.05, 3.63) is 77.8 Å². The predicted molar refractivity (Wildman–Crippen MR) is 109 cm³/mol. The van der Waals surface area contributed by atoms with E-state index >= 15 is 0 Å². The van der Waals surface area contributed by atoms with Gasteiger partial charge in [-0.15, -0.1) is 0 Å². The minimum absolute atomic E-state index is 0.214. The number of aromatic nitrogens is 1. The Balaban J connectivity index is 1.66. The molecule has 146 valence electrons. The van der Waals surface area contributed by atoms with Gasteiger partial charge in [0.2, 0.25) is 11.8 Å². The molecule has 0 atom stereocenters. The van der Waals surface area contributed by atoms with Crippen LogP contribution in [0.1, 0.15) is 55.2 Å². The maximum Gasteiger partial charge on any atom is 0.264 e. The fourth-order valence-corrected chi connectivity index (χ4v) is 4.75. The Morgan fingerprint density at radius 3 is 2.25 bits per heavy atom. The first-order valence-electron chi connectivity index (χ1n) is 9.73. The fraction of sp³-hybridized carbons (Fsp3) is 0.318. The van der Waals surface area contributed by atoms with Crippen LogP contribution in [-0.4, -0.2) is 13.4 Å². The predicted octanol–water partition coefficient (Wildman–Crippen LogP) is 5.11. The lowest BCUT2D eigenvalue weighted by atomic mass is 9.87. The lowest BCUT2D eigenvalue weighted by Crippen LogP contribution is -2.15. The summed E-state index contributed by atoms with van der Waals surface area (Å²) < 4.78 is 34.2. The van der Waals surface area contributed by atoms with Crippen molar-refractivity contribution in [1.82, 2.24) is 4.98 Å². The molecule has 0 aliphatic heterocycles. The van der Waals surface area contributed by atoms with Crippen molar-refractivity contribution in [2.24, 2.45) is 0 Å². The second-order valence-electron chi connectivity index (χ2n) is 7.24. The molecule has 3 aromatic rings. The highest BCUT2D eigenvalue weighted by molar-refractivity contribution is 7.92. The van der Waals surface area contributed by atoms with E-state index in [1.807, 2.05) is 30.3 Å². The number of hydrogen-bond donors (Lipinski definition) is 1. The molecule has 0 bridgehead atoms. The summed E-state index contributed by atoms with van der Waals surface area (Å²) in [6.45, 7) is 0. The number of benzene rings is 2. The van der Waals surface area contributed by atoms with Gasteiger partial charge in [-0.3, -0.25) is 0 Å². The molecular weight excluding hydrogens is 372 g/mol. The molecule has 6 heteroatoms. The number of nitrogens with one attached hydrogen (secondary N) is 1. The molecule has 1 N–H and O–H groups in total. The first-order valence-corrected chi connectivity index (χ1v) is 11.2. The molecule has 5 nitrogen and oxygen atoms in total. The van der Waals surface area contributed by atoms with E-state index in [0.29, 0.717) is 12.3 Å². The molecule has 28 heavy (non-hydrogen) atoms. The van der Waals surface area contributed by atoms with E-state index in [9.17, 15) is 8.42 Å². The Morgan fingerprint density at radius 1 is 0.929 bits per heavy atom. The van der Waals surface area contributed by atoms with Gasteiger partial charge in [0, 0.05) is 12.3 Å². The average Bonchev–Trinajstić information content (AvgIpc) is 3.11. The number of hydrogen-bond acceptors (Lipinski definition) is 4. The normalized spacial score (nSPS) is 15.4. The molecule has 1 aromatic heterocycles. The van der Waals surface area contributed by atoms with Crippen molar-refractivity contribution in [2.75, 3.05) is 4.72 Å². The Hall–Kier alpha value is -2.60. The monoisotopic (exact) mass is 396 g/mol. The van der Waals surface area contributed by atoms with Crippen molar-refractivity contribution in [3.8, 4) is 0 Å². The van der Waals surface area contributed by atoms with Gasteiger partial charge in [0.1, 0.15) is 5.69 Å². The minimum atomic E-state index is -3.72. The number of anilines is 1. The first-order chi connectivity index (χ1) is 13.6. The quantitative estimate of drug-likeness (QED) is 0.628. The van der Waals surface area contributed by atoms with Gasteiger partial charge in [-0.2, -0.15) is 0 Å². The van der Waals surface area contributed by atoms with Gasteiger partial charge in [0.15, 0.2) is 0 Å². The Bertz CT molecular complexity index is 1010. The van der Waals surface area contributed by atoms with Crippen LogP contribution in [0.25, 0.3) is 0 Å². The first kappa shape index (κ1) is 18.7. The number of oxazole rings is 1. The fourth-order valence-electron chi connectivity index (χ4n) is 3.73. The van der Waals surface area contributed by atoms with Crippen LogP contribution in [0.3, 0.4) is 0 Å². The Morgan fingerprint density at radius 2 is 1.57 bits per heavy atom. The van der Waals surface area contributed by atoms with Crippen LogP contribution >= 0.6 is 0 Å². The molecule has 1 heterocycles. The highest BCUT2D eigenvalue weighted by Gasteiger charge is 2.27.